The summed E-state index contributed by atoms with van der Waals surface area (Å²) in [6, 6.07) is 4.40. The summed E-state index contributed by atoms with van der Waals surface area (Å²) in [6.07, 6.45) is 0. The van der Waals surface area contributed by atoms with Crippen LogP contribution in [-0.2, 0) is 9.59 Å². The van der Waals surface area contributed by atoms with E-state index < -0.39 is 17.7 Å². The molecule has 0 aromatic heterocycles. The zero-order chi connectivity index (χ0) is 13.3. The van der Waals surface area contributed by atoms with Crippen LogP contribution in [0.4, 0.5) is 5.69 Å². The van der Waals surface area contributed by atoms with Gasteiger partial charge in [0, 0.05) is 16.3 Å². The van der Waals surface area contributed by atoms with Crippen molar-refractivity contribution < 1.29 is 14.4 Å². The van der Waals surface area contributed by atoms with E-state index in [4.69, 9.17) is 17.3 Å². The first-order valence-electron chi connectivity index (χ1n) is 5.14. The molecule has 0 atom stereocenters. The largest absolute Gasteiger partial charge is 0.399 e. The zero-order valence-corrected chi connectivity index (χ0v) is 10.0. The van der Waals surface area contributed by atoms with Crippen LogP contribution in [0.15, 0.2) is 18.2 Å². The van der Waals surface area contributed by atoms with E-state index in [2.05, 4.69) is 5.32 Å². The van der Waals surface area contributed by atoms with Crippen LogP contribution in [0.25, 0.3) is 0 Å². The van der Waals surface area contributed by atoms with Gasteiger partial charge in [-0.25, -0.2) is 0 Å². The van der Waals surface area contributed by atoms with E-state index in [-0.39, 0.29) is 18.7 Å². The highest BCUT2D eigenvalue weighted by Crippen LogP contribution is 2.18. The average molecular weight is 268 g/mol. The standard InChI is InChI=1S/C11H10ClN3O3/c12-7-1-6(2-8(13)3-7)11(18)15-4-9(16)14-10(17)5-15/h1-3H,4-5,13H2,(H,14,16,17). The molecule has 3 amide bonds. The van der Waals surface area contributed by atoms with E-state index in [0.717, 1.165) is 4.90 Å². The van der Waals surface area contributed by atoms with E-state index in [9.17, 15) is 14.4 Å². The summed E-state index contributed by atoms with van der Waals surface area (Å²) >= 11 is 5.79. The van der Waals surface area contributed by atoms with Gasteiger partial charge in [0.05, 0.1) is 0 Å². The van der Waals surface area contributed by atoms with Crippen molar-refractivity contribution in [3.05, 3.63) is 28.8 Å². The van der Waals surface area contributed by atoms with E-state index in [1.54, 1.807) is 0 Å². The number of nitrogen functional groups attached to an aromatic ring is 1. The molecule has 1 fully saturated rings. The second kappa shape index (κ2) is 4.66. The number of piperazine rings is 1. The Morgan fingerprint density at radius 2 is 1.83 bits per heavy atom. The lowest BCUT2D eigenvalue weighted by Crippen LogP contribution is -2.53. The number of nitrogens with one attached hydrogen (secondary N) is 1. The number of carbonyl (C=O) groups excluding carboxylic acids is 3. The minimum absolute atomic E-state index is 0.156. The molecule has 1 heterocycles. The molecule has 94 valence electrons. The van der Waals surface area contributed by atoms with Gasteiger partial charge in [0.2, 0.25) is 11.8 Å². The molecule has 0 saturated carbocycles. The minimum Gasteiger partial charge on any atom is -0.399 e. The Hall–Kier alpha value is -2.08. The normalized spacial score (nSPS) is 15.5. The fraction of sp³-hybridized carbons (Fsp3) is 0.182. The van der Waals surface area contributed by atoms with E-state index in [0.29, 0.717) is 10.7 Å². The van der Waals surface area contributed by atoms with Crippen molar-refractivity contribution in [1.29, 1.82) is 0 Å². The quantitative estimate of drug-likeness (QED) is 0.554. The third kappa shape index (κ3) is 2.60. The second-order valence-electron chi connectivity index (χ2n) is 3.91. The molecule has 6 nitrogen and oxygen atoms in total. The van der Waals surface area contributed by atoms with Crippen LogP contribution in [0.1, 0.15) is 10.4 Å². The van der Waals surface area contributed by atoms with Crippen LogP contribution < -0.4 is 11.1 Å². The minimum atomic E-state index is -0.505. The monoisotopic (exact) mass is 267 g/mol. The predicted molar refractivity (Wildman–Crippen MR) is 64.9 cm³/mol. The summed E-state index contributed by atoms with van der Waals surface area (Å²) in [5.41, 5.74) is 6.18. The van der Waals surface area contributed by atoms with E-state index in [1.165, 1.54) is 18.2 Å². The van der Waals surface area contributed by atoms with Crippen molar-refractivity contribution in [3.63, 3.8) is 0 Å². The maximum absolute atomic E-state index is 12.1. The highest BCUT2D eigenvalue weighted by Gasteiger charge is 2.27. The smallest absolute Gasteiger partial charge is 0.254 e. The van der Waals surface area contributed by atoms with Crippen LogP contribution >= 0.6 is 11.6 Å². The zero-order valence-electron chi connectivity index (χ0n) is 9.27. The van der Waals surface area contributed by atoms with Crippen LogP contribution in [-0.4, -0.2) is 35.7 Å². The van der Waals surface area contributed by atoms with E-state index in [1.807, 2.05) is 0 Å². The number of benzene rings is 1. The van der Waals surface area contributed by atoms with Crippen molar-refractivity contribution in [2.75, 3.05) is 18.8 Å². The Balaban J connectivity index is 2.25. The SMILES string of the molecule is Nc1cc(Cl)cc(C(=O)N2CC(=O)NC(=O)C2)c1. The van der Waals surface area contributed by atoms with Gasteiger partial charge in [0.1, 0.15) is 13.1 Å². The summed E-state index contributed by atoms with van der Waals surface area (Å²) < 4.78 is 0. The van der Waals surface area contributed by atoms with Crippen molar-refractivity contribution >= 4 is 35.0 Å². The van der Waals surface area contributed by atoms with Crippen molar-refractivity contribution in [2.24, 2.45) is 0 Å². The first-order valence-corrected chi connectivity index (χ1v) is 5.51. The highest BCUT2D eigenvalue weighted by molar-refractivity contribution is 6.31. The molecular formula is C11H10ClN3O3. The van der Waals surface area contributed by atoms with Crippen molar-refractivity contribution in [2.45, 2.75) is 0 Å². The summed E-state index contributed by atoms with van der Waals surface area (Å²) in [6.45, 7) is -0.312. The maximum Gasteiger partial charge on any atom is 0.254 e. The number of imide groups is 1. The first-order chi connectivity index (χ1) is 8.45. The number of rotatable bonds is 1. The van der Waals surface area contributed by atoms with Crippen LogP contribution in [0.5, 0.6) is 0 Å². The molecule has 0 spiro atoms. The van der Waals surface area contributed by atoms with Crippen LogP contribution in [0, 0.1) is 0 Å². The number of nitrogens with two attached hydrogens (primary N) is 1. The van der Waals surface area contributed by atoms with Gasteiger partial charge >= 0.3 is 0 Å². The van der Waals surface area contributed by atoms with Gasteiger partial charge in [-0.05, 0) is 18.2 Å². The van der Waals surface area contributed by atoms with Crippen molar-refractivity contribution in [1.82, 2.24) is 10.2 Å². The fourth-order valence-electron chi connectivity index (χ4n) is 1.70. The maximum atomic E-state index is 12.1. The molecule has 1 aliphatic heterocycles. The summed E-state index contributed by atoms with van der Waals surface area (Å²) in [4.78, 5) is 35.6. The average Bonchev–Trinajstić information content (AvgIpc) is 2.25. The fourth-order valence-corrected chi connectivity index (χ4v) is 1.94. The van der Waals surface area contributed by atoms with Gasteiger partial charge in [0.15, 0.2) is 0 Å². The molecular weight excluding hydrogens is 258 g/mol. The number of amides is 3. The summed E-state index contributed by atoms with van der Waals surface area (Å²) in [5.74, 6) is -1.46. The number of carbonyl (C=O) groups is 3. The van der Waals surface area contributed by atoms with Gasteiger partial charge in [-0.3, -0.25) is 19.7 Å². The second-order valence-corrected chi connectivity index (χ2v) is 4.34. The molecule has 18 heavy (non-hydrogen) atoms. The molecule has 0 aliphatic carbocycles. The lowest BCUT2D eigenvalue weighted by Gasteiger charge is -2.25. The third-order valence-electron chi connectivity index (χ3n) is 2.40. The van der Waals surface area contributed by atoms with Crippen LogP contribution in [0.2, 0.25) is 5.02 Å². The Morgan fingerprint density at radius 1 is 1.22 bits per heavy atom. The molecule has 0 unspecified atom stereocenters. The molecule has 1 saturated heterocycles. The van der Waals surface area contributed by atoms with Gasteiger partial charge in [-0.2, -0.15) is 0 Å². The lowest BCUT2D eigenvalue weighted by molar-refractivity contribution is -0.135. The molecule has 0 bridgehead atoms. The number of halogens is 1. The molecule has 1 aliphatic rings. The summed E-state index contributed by atoms with van der Waals surface area (Å²) in [5, 5.41) is 2.44. The molecule has 2 rings (SSSR count). The van der Waals surface area contributed by atoms with Crippen LogP contribution in [0.3, 0.4) is 0 Å². The predicted octanol–water partition coefficient (Wildman–Crippen LogP) is 0.0208. The molecule has 0 radical (unpaired) electrons. The molecule has 1 aromatic rings. The number of anilines is 1. The molecule has 1 aromatic carbocycles. The van der Waals surface area contributed by atoms with Gasteiger partial charge in [-0.15, -0.1) is 0 Å². The number of nitrogens with zero attached hydrogens (tertiary/aromatic N) is 1. The third-order valence-corrected chi connectivity index (χ3v) is 2.62. The first kappa shape index (κ1) is 12.4. The van der Waals surface area contributed by atoms with Gasteiger partial charge in [-0.1, -0.05) is 11.6 Å². The Bertz CT molecular complexity index is 508. The molecule has 7 heteroatoms. The van der Waals surface area contributed by atoms with Crippen molar-refractivity contribution in [3.8, 4) is 0 Å². The lowest BCUT2D eigenvalue weighted by atomic mass is 10.1. The summed E-state index contributed by atoms with van der Waals surface area (Å²) in [7, 11) is 0. The van der Waals surface area contributed by atoms with Gasteiger partial charge in [0.25, 0.3) is 5.91 Å². The number of hydrogen-bond acceptors (Lipinski definition) is 4. The van der Waals surface area contributed by atoms with E-state index >= 15 is 0 Å². The Kier molecular flexibility index (Phi) is 3.20. The highest BCUT2D eigenvalue weighted by atomic mass is 35.5. The topological polar surface area (TPSA) is 92.5 Å². The Labute approximate surface area is 108 Å². The number of hydrogen-bond donors (Lipinski definition) is 2. The molecule has 3 N–H and O–H groups in total. The Morgan fingerprint density at radius 3 is 2.39 bits per heavy atom. The van der Waals surface area contributed by atoms with Gasteiger partial charge < -0.3 is 10.6 Å².